The lowest BCUT2D eigenvalue weighted by Crippen LogP contribution is -2.36. The van der Waals surface area contributed by atoms with Crippen molar-refractivity contribution in [1.29, 1.82) is 0 Å². The lowest BCUT2D eigenvalue weighted by molar-refractivity contribution is -0.384. The quantitative estimate of drug-likeness (QED) is 0.461. The summed E-state index contributed by atoms with van der Waals surface area (Å²) in [6, 6.07) is 4.43. The molecule has 0 bridgehead atoms. The first-order valence-electron chi connectivity index (χ1n) is 6.81. The van der Waals surface area contributed by atoms with Crippen molar-refractivity contribution >= 4 is 40.3 Å². The van der Waals surface area contributed by atoms with E-state index in [-0.39, 0.29) is 11.7 Å². The van der Waals surface area contributed by atoms with E-state index in [9.17, 15) is 10.1 Å². The Morgan fingerprint density at radius 2 is 2.05 bits per heavy atom. The zero-order valence-corrected chi connectivity index (χ0v) is 13.9. The summed E-state index contributed by atoms with van der Waals surface area (Å²) >= 11 is 11.2. The molecular weight excluding hydrogens is 310 g/mol. The minimum atomic E-state index is -0.469. The standard InChI is InChI=1S/C14H20ClN3O2S/c1-9(2)4-5-10(3)16-14(21)17-13-8-11(18(19)20)6-7-12(13)15/h6-10H,4-5H2,1-3H3,(H2,16,17,21). The molecule has 21 heavy (non-hydrogen) atoms. The molecule has 0 aliphatic carbocycles. The third-order valence-corrected chi connectivity index (χ3v) is 3.51. The van der Waals surface area contributed by atoms with Crippen LogP contribution in [0.4, 0.5) is 11.4 Å². The van der Waals surface area contributed by atoms with Gasteiger partial charge in [0.15, 0.2) is 5.11 Å². The highest BCUT2D eigenvalue weighted by atomic mass is 35.5. The van der Waals surface area contributed by atoms with E-state index >= 15 is 0 Å². The van der Waals surface area contributed by atoms with E-state index in [0.29, 0.717) is 21.7 Å². The van der Waals surface area contributed by atoms with E-state index in [4.69, 9.17) is 23.8 Å². The maximum atomic E-state index is 10.8. The van der Waals surface area contributed by atoms with Gasteiger partial charge in [-0.1, -0.05) is 25.4 Å². The molecule has 0 aliphatic heterocycles. The fourth-order valence-corrected chi connectivity index (χ4v) is 2.24. The van der Waals surface area contributed by atoms with E-state index in [1.807, 2.05) is 6.92 Å². The van der Waals surface area contributed by atoms with Gasteiger partial charge >= 0.3 is 0 Å². The van der Waals surface area contributed by atoms with Crippen molar-refractivity contribution in [2.75, 3.05) is 5.32 Å². The molecule has 0 heterocycles. The number of nitrogens with zero attached hydrogens (tertiary/aromatic N) is 1. The summed E-state index contributed by atoms with van der Waals surface area (Å²) in [7, 11) is 0. The molecule has 5 nitrogen and oxygen atoms in total. The third kappa shape index (κ3) is 6.27. The highest BCUT2D eigenvalue weighted by Gasteiger charge is 2.12. The van der Waals surface area contributed by atoms with E-state index in [1.54, 1.807) is 0 Å². The molecular formula is C14H20ClN3O2S. The van der Waals surface area contributed by atoms with E-state index < -0.39 is 4.92 Å². The zero-order valence-electron chi connectivity index (χ0n) is 12.4. The zero-order chi connectivity index (χ0) is 16.0. The molecule has 1 aromatic carbocycles. The Labute approximate surface area is 135 Å². The maximum absolute atomic E-state index is 10.8. The smallest absolute Gasteiger partial charge is 0.271 e. The van der Waals surface area contributed by atoms with Crippen molar-refractivity contribution in [3.05, 3.63) is 33.3 Å². The van der Waals surface area contributed by atoms with Crippen molar-refractivity contribution in [1.82, 2.24) is 5.32 Å². The second-order valence-electron chi connectivity index (χ2n) is 5.39. The second-order valence-corrected chi connectivity index (χ2v) is 6.21. The first kappa shape index (κ1) is 17.7. The Bertz CT molecular complexity index is 523. The van der Waals surface area contributed by atoms with Crippen LogP contribution in [0.2, 0.25) is 5.02 Å². The molecule has 2 N–H and O–H groups in total. The molecule has 0 fully saturated rings. The summed E-state index contributed by atoms with van der Waals surface area (Å²) in [6.07, 6.45) is 2.11. The first-order chi connectivity index (χ1) is 9.79. The maximum Gasteiger partial charge on any atom is 0.271 e. The number of rotatable bonds is 6. The van der Waals surface area contributed by atoms with Gasteiger partial charge in [-0.05, 0) is 44.0 Å². The van der Waals surface area contributed by atoms with Crippen LogP contribution >= 0.6 is 23.8 Å². The number of nitro benzene ring substituents is 1. The van der Waals surface area contributed by atoms with Gasteiger partial charge in [0, 0.05) is 18.2 Å². The molecule has 1 unspecified atom stereocenters. The van der Waals surface area contributed by atoms with Crippen LogP contribution in [0.25, 0.3) is 0 Å². The molecule has 0 amide bonds. The fourth-order valence-electron chi connectivity index (χ4n) is 1.76. The molecule has 0 saturated carbocycles. The molecule has 1 aromatic rings. The monoisotopic (exact) mass is 329 g/mol. The molecule has 116 valence electrons. The summed E-state index contributed by atoms with van der Waals surface area (Å²) < 4.78 is 0. The van der Waals surface area contributed by atoms with Crippen molar-refractivity contribution < 1.29 is 4.92 Å². The van der Waals surface area contributed by atoms with Gasteiger partial charge < -0.3 is 10.6 Å². The average Bonchev–Trinajstić information content (AvgIpc) is 2.38. The van der Waals surface area contributed by atoms with E-state index in [1.165, 1.54) is 18.2 Å². The molecule has 7 heteroatoms. The normalized spacial score (nSPS) is 12.0. The second kappa shape index (κ2) is 8.14. The van der Waals surface area contributed by atoms with Crippen molar-refractivity contribution in [2.45, 2.75) is 39.7 Å². The van der Waals surface area contributed by atoms with Crippen LogP contribution in [-0.2, 0) is 0 Å². The van der Waals surface area contributed by atoms with Gasteiger partial charge in [-0.2, -0.15) is 0 Å². The highest BCUT2D eigenvalue weighted by molar-refractivity contribution is 7.80. The Balaban J connectivity index is 2.62. The lowest BCUT2D eigenvalue weighted by Gasteiger charge is -2.18. The van der Waals surface area contributed by atoms with Gasteiger partial charge in [0.05, 0.1) is 15.6 Å². The van der Waals surface area contributed by atoms with Crippen molar-refractivity contribution in [2.24, 2.45) is 5.92 Å². The summed E-state index contributed by atoms with van der Waals surface area (Å²) in [5.41, 5.74) is 0.400. The van der Waals surface area contributed by atoms with Gasteiger partial charge in [0.1, 0.15) is 0 Å². The van der Waals surface area contributed by atoms with Gasteiger partial charge in [-0.15, -0.1) is 0 Å². The lowest BCUT2D eigenvalue weighted by atomic mass is 10.0. The van der Waals surface area contributed by atoms with Gasteiger partial charge in [-0.3, -0.25) is 10.1 Å². The van der Waals surface area contributed by atoms with E-state index in [0.717, 1.165) is 12.8 Å². The SMILES string of the molecule is CC(C)CCC(C)NC(=S)Nc1cc([N+](=O)[O-])ccc1Cl. The minimum Gasteiger partial charge on any atom is -0.360 e. The molecule has 0 radical (unpaired) electrons. The summed E-state index contributed by atoms with van der Waals surface area (Å²) in [5, 5.41) is 17.6. The molecule has 0 aliphatic rings. The number of nitrogens with one attached hydrogen (secondary N) is 2. The number of hydrogen-bond acceptors (Lipinski definition) is 3. The number of non-ortho nitro benzene ring substituents is 1. The number of nitro groups is 1. The van der Waals surface area contributed by atoms with Gasteiger partial charge in [-0.25, -0.2) is 0 Å². The summed E-state index contributed by atoms with van der Waals surface area (Å²) in [4.78, 5) is 10.3. The van der Waals surface area contributed by atoms with Crippen LogP contribution in [0.15, 0.2) is 18.2 Å². The topological polar surface area (TPSA) is 67.2 Å². The van der Waals surface area contributed by atoms with Crippen LogP contribution in [0.3, 0.4) is 0 Å². The number of benzene rings is 1. The Hall–Kier alpha value is -1.40. The van der Waals surface area contributed by atoms with E-state index in [2.05, 4.69) is 24.5 Å². The molecule has 0 spiro atoms. The van der Waals surface area contributed by atoms with Gasteiger partial charge in [0.25, 0.3) is 5.69 Å². The van der Waals surface area contributed by atoms with Crippen LogP contribution in [-0.4, -0.2) is 16.1 Å². The van der Waals surface area contributed by atoms with Crippen molar-refractivity contribution in [3.8, 4) is 0 Å². The minimum absolute atomic E-state index is 0.0300. The van der Waals surface area contributed by atoms with Crippen LogP contribution < -0.4 is 10.6 Å². The Kier molecular flexibility index (Phi) is 6.84. The predicted octanol–water partition coefficient (Wildman–Crippen LogP) is 4.36. The number of hydrogen-bond donors (Lipinski definition) is 2. The summed E-state index contributed by atoms with van der Waals surface area (Å²) in [5.74, 6) is 0.641. The number of halogens is 1. The third-order valence-electron chi connectivity index (χ3n) is 2.96. The molecule has 1 rings (SSSR count). The highest BCUT2D eigenvalue weighted by Crippen LogP contribution is 2.26. The summed E-state index contributed by atoms with van der Waals surface area (Å²) in [6.45, 7) is 6.39. The Morgan fingerprint density at radius 1 is 1.38 bits per heavy atom. The molecule has 1 atom stereocenters. The average molecular weight is 330 g/mol. The van der Waals surface area contributed by atoms with Crippen molar-refractivity contribution in [3.63, 3.8) is 0 Å². The van der Waals surface area contributed by atoms with Crippen LogP contribution in [0.1, 0.15) is 33.6 Å². The van der Waals surface area contributed by atoms with Crippen LogP contribution in [0.5, 0.6) is 0 Å². The number of thiocarbonyl (C=S) groups is 1. The van der Waals surface area contributed by atoms with Crippen LogP contribution in [0, 0.1) is 16.0 Å². The fraction of sp³-hybridized carbons (Fsp3) is 0.500. The molecule has 0 aromatic heterocycles. The first-order valence-corrected chi connectivity index (χ1v) is 7.59. The largest absolute Gasteiger partial charge is 0.360 e. The van der Waals surface area contributed by atoms with Gasteiger partial charge in [0.2, 0.25) is 0 Å². The predicted molar refractivity (Wildman–Crippen MR) is 91.0 cm³/mol. The number of anilines is 1. The Morgan fingerprint density at radius 3 is 2.62 bits per heavy atom. The molecule has 0 saturated heterocycles.